The minimum atomic E-state index is -0.302. The van der Waals surface area contributed by atoms with E-state index in [1.165, 1.54) is 0 Å². The summed E-state index contributed by atoms with van der Waals surface area (Å²) in [5.41, 5.74) is -0.302. The Bertz CT molecular complexity index is 326. The molecule has 0 unspecified atom stereocenters. The van der Waals surface area contributed by atoms with Crippen molar-refractivity contribution in [3.63, 3.8) is 0 Å². The van der Waals surface area contributed by atoms with Gasteiger partial charge in [0.25, 0.3) is 0 Å². The second-order valence-electron chi connectivity index (χ2n) is 5.02. The fraction of sp³-hybridized carbons (Fsp3) is 0.750. The SMILES string of the molecule is C[C@@]12CCC(=O)N1[C@@H]1CC=CC[C@H]1CO2. The molecule has 0 aromatic rings. The van der Waals surface area contributed by atoms with E-state index in [2.05, 4.69) is 19.1 Å². The predicted molar refractivity (Wildman–Crippen MR) is 56.1 cm³/mol. The smallest absolute Gasteiger partial charge is 0.225 e. The van der Waals surface area contributed by atoms with E-state index in [-0.39, 0.29) is 11.6 Å². The molecule has 0 aromatic heterocycles. The van der Waals surface area contributed by atoms with Crippen molar-refractivity contribution in [2.24, 2.45) is 5.92 Å². The Morgan fingerprint density at radius 2 is 2.27 bits per heavy atom. The number of carbonyl (C=O) groups is 1. The Balaban J connectivity index is 1.94. The van der Waals surface area contributed by atoms with Crippen molar-refractivity contribution in [3.05, 3.63) is 12.2 Å². The van der Waals surface area contributed by atoms with Crippen LogP contribution in [0.25, 0.3) is 0 Å². The van der Waals surface area contributed by atoms with Gasteiger partial charge in [0.05, 0.1) is 6.61 Å². The molecule has 0 spiro atoms. The molecule has 0 N–H and O–H groups in total. The van der Waals surface area contributed by atoms with Crippen molar-refractivity contribution in [1.29, 1.82) is 0 Å². The van der Waals surface area contributed by atoms with E-state index in [1.54, 1.807) is 0 Å². The molecule has 3 nitrogen and oxygen atoms in total. The average Bonchev–Trinajstić information content (AvgIpc) is 2.56. The molecule has 15 heavy (non-hydrogen) atoms. The normalized spacial score (nSPS) is 44.1. The van der Waals surface area contributed by atoms with Crippen LogP contribution in [-0.4, -0.2) is 29.2 Å². The summed E-state index contributed by atoms with van der Waals surface area (Å²) in [6.45, 7) is 2.88. The van der Waals surface area contributed by atoms with Crippen LogP contribution in [0.3, 0.4) is 0 Å². The maximum Gasteiger partial charge on any atom is 0.225 e. The van der Waals surface area contributed by atoms with Crippen LogP contribution >= 0.6 is 0 Å². The lowest BCUT2D eigenvalue weighted by Crippen LogP contribution is -2.59. The van der Waals surface area contributed by atoms with Gasteiger partial charge in [-0.2, -0.15) is 0 Å². The van der Waals surface area contributed by atoms with Gasteiger partial charge in [-0.15, -0.1) is 0 Å². The molecule has 3 atom stereocenters. The third kappa shape index (κ3) is 1.26. The first-order valence-corrected chi connectivity index (χ1v) is 5.82. The van der Waals surface area contributed by atoms with Gasteiger partial charge in [-0.1, -0.05) is 12.2 Å². The van der Waals surface area contributed by atoms with E-state index >= 15 is 0 Å². The molecule has 0 radical (unpaired) electrons. The Morgan fingerprint density at radius 3 is 3.13 bits per heavy atom. The molecule has 3 heteroatoms. The van der Waals surface area contributed by atoms with Gasteiger partial charge in [-0.25, -0.2) is 0 Å². The van der Waals surface area contributed by atoms with Gasteiger partial charge in [0, 0.05) is 24.8 Å². The average molecular weight is 207 g/mol. The van der Waals surface area contributed by atoms with Crippen LogP contribution in [0.1, 0.15) is 32.6 Å². The van der Waals surface area contributed by atoms with Crippen LogP contribution in [0.4, 0.5) is 0 Å². The molecule has 1 amide bonds. The van der Waals surface area contributed by atoms with E-state index in [0.717, 1.165) is 25.9 Å². The standard InChI is InChI=1S/C12H17NO2/c1-12-7-6-11(14)13(12)10-5-3-2-4-9(10)8-15-12/h2-3,9-10H,4-8H2,1H3/t9-,10+,12+/m0/s1. The Kier molecular flexibility index (Phi) is 1.93. The number of rotatable bonds is 0. The fourth-order valence-corrected chi connectivity index (χ4v) is 3.16. The molecule has 3 rings (SSSR count). The van der Waals surface area contributed by atoms with Crippen molar-refractivity contribution in [3.8, 4) is 0 Å². The highest BCUT2D eigenvalue weighted by Gasteiger charge is 2.51. The van der Waals surface area contributed by atoms with Gasteiger partial charge < -0.3 is 9.64 Å². The highest BCUT2D eigenvalue weighted by atomic mass is 16.5. The largest absolute Gasteiger partial charge is 0.355 e. The molecule has 0 aromatic carbocycles. The van der Waals surface area contributed by atoms with Crippen LogP contribution in [0.5, 0.6) is 0 Å². The van der Waals surface area contributed by atoms with Crippen molar-refractivity contribution in [2.45, 2.75) is 44.4 Å². The van der Waals surface area contributed by atoms with Crippen molar-refractivity contribution in [2.75, 3.05) is 6.61 Å². The first-order valence-electron chi connectivity index (χ1n) is 5.82. The lowest BCUT2D eigenvalue weighted by atomic mass is 9.86. The van der Waals surface area contributed by atoms with E-state index in [4.69, 9.17) is 4.74 Å². The predicted octanol–water partition coefficient (Wildman–Crippen LogP) is 1.69. The van der Waals surface area contributed by atoms with E-state index in [9.17, 15) is 4.79 Å². The van der Waals surface area contributed by atoms with E-state index < -0.39 is 0 Å². The summed E-state index contributed by atoms with van der Waals surface area (Å²) in [5.74, 6) is 0.799. The number of fused-ring (bicyclic) bond motifs is 3. The molecular weight excluding hydrogens is 190 g/mol. The number of hydrogen-bond donors (Lipinski definition) is 0. The van der Waals surface area contributed by atoms with Crippen LogP contribution in [-0.2, 0) is 9.53 Å². The summed E-state index contributed by atoms with van der Waals surface area (Å²) in [7, 11) is 0. The van der Waals surface area contributed by atoms with Gasteiger partial charge in [0.15, 0.2) is 0 Å². The molecule has 0 bridgehead atoms. The van der Waals surface area contributed by atoms with Gasteiger partial charge >= 0.3 is 0 Å². The van der Waals surface area contributed by atoms with Gasteiger partial charge in [-0.05, 0) is 19.8 Å². The first kappa shape index (κ1) is 9.40. The van der Waals surface area contributed by atoms with E-state index in [1.807, 2.05) is 4.90 Å². The minimum Gasteiger partial charge on any atom is -0.355 e. The molecule has 2 fully saturated rings. The highest BCUT2D eigenvalue weighted by molar-refractivity contribution is 5.79. The maximum atomic E-state index is 11.9. The van der Waals surface area contributed by atoms with Gasteiger partial charge in [0.2, 0.25) is 5.91 Å². The zero-order valence-corrected chi connectivity index (χ0v) is 9.11. The lowest BCUT2D eigenvalue weighted by molar-refractivity contribution is -0.201. The van der Waals surface area contributed by atoms with Gasteiger partial charge in [0.1, 0.15) is 5.72 Å². The zero-order valence-electron chi connectivity index (χ0n) is 9.11. The van der Waals surface area contributed by atoms with Crippen LogP contribution in [0, 0.1) is 5.92 Å². The number of carbonyl (C=O) groups excluding carboxylic acids is 1. The molecule has 0 saturated carbocycles. The molecule has 2 heterocycles. The van der Waals surface area contributed by atoms with Crippen LogP contribution < -0.4 is 0 Å². The monoisotopic (exact) mass is 207 g/mol. The summed E-state index contributed by atoms with van der Waals surface area (Å²) < 4.78 is 5.90. The fourth-order valence-electron chi connectivity index (χ4n) is 3.16. The number of hydrogen-bond acceptors (Lipinski definition) is 2. The molecular formula is C12H17NO2. The van der Waals surface area contributed by atoms with Crippen LogP contribution in [0.2, 0.25) is 0 Å². The third-order valence-electron chi connectivity index (χ3n) is 4.05. The second-order valence-corrected chi connectivity index (χ2v) is 5.02. The van der Waals surface area contributed by atoms with E-state index in [0.29, 0.717) is 18.4 Å². The highest BCUT2D eigenvalue weighted by Crippen LogP contribution is 2.42. The van der Waals surface area contributed by atoms with Crippen molar-refractivity contribution in [1.82, 2.24) is 4.90 Å². The Hall–Kier alpha value is -0.830. The zero-order chi connectivity index (χ0) is 10.5. The molecule has 2 saturated heterocycles. The van der Waals surface area contributed by atoms with Crippen molar-refractivity contribution < 1.29 is 9.53 Å². The second kappa shape index (κ2) is 3.08. The minimum absolute atomic E-state index is 0.280. The van der Waals surface area contributed by atoms with Gasteiger partial charge in [-0.3, -0.25) is 4.79 Å². The number of allylic oxidation sites excluding steroid dienone is 1. The summed E-state index contributed by atoms with van der Waals surface area (Å²) in [4.78, 5) is 13.9. The molecule has 82 valence electrons. The summed E-state index contributed by atoms with van der Waals surface area (Å²) in [6.07, 6.45) is 8.01. The Labute approximate surface area is 90.1 Å². The number of ether oxygens (including phenoxy) is 1. The third-order valence-corrected chi connectivity index (χ3v) is 4.05. The first-order chi connectivity index (χ1) is 7.21. The summed E-state index contributed by atoms with van der Waals surface area (Å²) in [5, 5.41) is 0. The number of amides is 1. The summed E-state index contributed by atoms with van der Waals surface area (Å²) in [6, 6.07) is 0.392. The molecule has 2 aliphatic heterocycles. The summed E-state index contributed by atoms with van der Waals surface area (Å²) >= 11 is 0. The Morgan fingerprint density at radius 1 is 1.47 bits per heavy atom. The lowest BCUT2D eigenvalue weighted by Gasteiger charge is -2.49. The van der Waals surface area contributed by atoms with Crippen LogP contribution in [0.15, 0.2) is 12.2 Å². The molecule has 1 aliphatic carbocycles. The quantitative estimate of drug-likeness (QED) is 0.566. The number of nitrogens with zero attached hydrogens (tertiary/aromatic N) is 1. The maximum absolute atomic E-state index is 11.9. The van der Waals surface area contributed by atoms with Crippen molar-refractivity contribution >= 4 is 5.91 Å². The molecule has 3 aliphatic rings. The topological polar surface area (TPSA) is 29.5 Å².